The molecular weight excluding hydrogens is 463 g/mol. The molecule has 1 heterocycles. The van der Waals surface area contributed by atoms with Gasteiger partial charge in [0.05, 0.1) is 11.0 Å². The molecule has 0 bridgehead atoms. The van der Waals surface area contributed by atoms with Gasteiger partial charge < -0.3 is 15.6 Å². The predicted molar refractivity (Wildman–Crippen MR) is 131 cm³/mol. The Morgan fingerprint density at radius 3 is 2.50 bits per heavy atom. The lowest BCUT2D eigenvalue weighted by Crippen LogP contribution is -2.39. The first-order valence-corrected chi connectivity index (χ1v) is 10.2. The first kappa shape index (κ1) is 24.7. The van der Waals surface area contributed by atoms with Gasteiger partial charge in [-0.05, 0) is 53.2 Å². The lowest BCUT2D eigenvalue weighted by Gasteiger charge is -2.30. The Labute approximate surface area is 187 Å². The number of aromatic amines is 1. The summed E-state index contributed by atoms with van der Waals surface area (Å²) < 4.78 is 0. The number of hydrogen-bond donors (Lipinski definition) is 3. The van der Waals surface area contributed by atoms with Crippen LogP contribution in [0.3, 0.4) is 0 Å². The van der Waals surface area contributed by atoms with Crippen molar-refractivity contribution in [1.29, 1.82) is 0 Å². The lowest BCUT2D eigenvalue weighted by molar-refractivity contribution is 0.174. The van der Waals surface area contributed by atoms with Gasteiger partial charge in [-0.1, -0.05) is 12.1 Å². The van der Waals surface area contributed by atoms with E-state index < -0.39 is 0 Å². The van der Waals surface area contributed by atoms with Crippen LogP contribution in [0.5, 0.6) is 0 Å². The molecule has 2 aromatic rings. The smallest absolute Gasteiger partial charge is 0.191 e. The minimum absolute atomic E-state index is 0. The van der Waals surface area contributed by atoms with Gasteiger partial charge in [-0.15, -0.1) is 24.0 Å². The number of halogens is 1. The molecule has 0 aliphatic heterocycles. The number of para-hydroxylation sites is 2. The molecule has 7 heteroatoms. The van der Waals surface area contributed by atoms with Crippen molar-refractivity contribution in [3.8, 4) is 0 Å². The van der Waals surface area contributed by atoms with Gasteiger partial charge >= 0.3 is 0 Å². The van der Waals surface area contributed by atoms with Crippen molar-refractivity contribution in [3.05, 3.63) is 30.1 Å². The van der Waals surface area contributed by atoms with E-state index in [1.54, 1.807) is 0 Å². The molecule has 0 spiro atoms. The molecule has 1 aromatic heterocycles. The molecule has 0 atom stereocenters. The quantitative estimate of drug-likeness (QED) is 0.201. The number of aromatic nitrogens is 2. The van der Waals surface area contributed by atoms with Crippen molar-refractivity contribution in [3.63, 3.8) is 0 Å². The number of imidazole rings is 1. The highest BCUT2D eigenvalue weighted by Gasteiger charge is 2.12. The normalized spacial score (nSPS) is 12.1. The lowest BCUT2D eigenvalue weighted by atomic mass is 10.2. The van der Waals surface area contributed by atoms with Gasteiger partial charge in [-0.2, -0.15) is 0 Å². The van der Waals surface area contributed by atoms with Gasteiger partial charge in [0.15, 0.2) is 5.96 Å². The van der Waals surface area contributed by atoms with Gasteiger partial charge in [0.2, 0.25) is 0 Å². The maximum atomic E-state index is 4.72. The van der Waals surface area contributed by atoms with Gasteiger partial charge in [0, 0.05) is 44.7 Å². The minimum atomic E-state index is 0. The second-order valence-corrected chi connectivity index (χ2v) is 7.42. The zero-order chi connectivity index (χ0) is 19.6. The Balaban J connectivity index is 0.00000392. The van der Waals surface area contributed by atoms with Crippen LogP contribution in [-0.2, 0) is 6.42 Å². The third-order valence-corrected chi connectivity index (χ3v) is 4.61. The van der Waals surface area contributed by atoms with Crippen molar-refractivity contribution >= 4 is 41.0 Å². The Hall–Kier alpha value is -1.35. The number of H-pyrrole nitrogens is 1. The maximum Gasteiger partial charge on any atom is 0.191 e. The SMILES string of the molecule is CCNC(=NCCCN(C(C)C)C(C)C)NCCc1nc2ccccc2[nH]1.I. The van der Waals surface area contributed by atoms with Crippen LogP contribution in [-0.4, -0.2) is 59.1 Å². The number of rotatable bonds is 10. The van der Waals surface area contributed by atoms with Gasteiger partial charge in [-0.3, -0.25) is 9.89 Å². The molecule has 0 aliphatic rings. The Morgan fingerprint density at radius 1 is 1.14 bits per heavy atom. The number of benzene rings is 1. The first-order chi connectivity index (χ1) is 13.0. The van der Waals surface area contributed by atoms with E-state index in [1.165, 1.54) is 0 Å². The van der Waals surface area contributed by atoms with E-state index in [0.29, 0.717) is 12.1 Å². The van der Waals surface area contributed by atoms with Crippen LogP contribution >= 0.6 is 24.0 Å². The van der Waals surface area contributed by atoms with E-state index in [-0.39, 0.29) is 24.0 Å². The average molecular weight is 500 g/mol. The Kier molecular flexibility index (Phi) is 11.4. The monoisotopic (exact) mass is 500 g/mol. The number of nitrogens with one attached hydrogen (secondary N) is 3. The zero-order valence-corrected chi connectivity index (χ0v) is 20.3. The molecule has 0 unspecified atom stereocenters. The first-order valence-electron chi connectivity index (χ1n) is 10.2. The van der Waals surface area contributed by atoms with E-state index in [9.17, 15) is 0 Å². The van der Waals surface area contributed by atoms with Gasteiger partial charge in [0.25, 0.3) is 0 Å². The van der Waals surface area contributed by atoms with E-state index >= 15 is 0 Å². The molecule has 158 valence electrons. The fourth-order valence-electron chi connectivity index (χ4n) is 3.32. The molecular formula is C21H37IN6. The molecule has 2 rings (SSSR count). The van der Waals surface area contributed by atoms with E-state index in [0.717, 1.165) is 61.8 Å². The number of guanidine groups is 1. The Morgan fingerprint density at radius 2 is 1.86 bits per heavy atom. The summed E-state index contributed by atoms with van der Waals surface area (Å²) in [5.41, 5.74) is 2.11. The molecule has 0 amide bonds. The minimum Gasteiger partial charge on any atom is -0.357 e. The third kappa shape index (κ3) is 7.95. The summed E-state index contributed by atoms with van der Waals surface area (Å²) in [6.45, 7) is 14.7. The van der Waals surface area contributed by atoms with Crippen LogP contribution < -0.4 is 10.6 Å². The van der Waals surface area contributed by atoms with Gasteiger partial charge in [-0.25, -0.2) is 4.98 Å². The molecule has 0 radical (unpaired) electrons. The molecule has 6 nitrogen and oxygen atoms in total. The molecule has 0 saturated carbocycles. The van der Waals surface area contributed by atoms with Crippen LogP contribution in [0.1, 0.15) is 46.9 Å². The van der Waals surface area contributed by atoms with Crippen molar-refractivity contribution in [2.45, 2.75) is 59.5 Å². The number of aliphatic imine (C=N–C) groups is 1. The summed E-state index contributed by atoms with van der Waals surface area (Å²) in [6, 6.07) is 9.28. The summed E-state index contributed by atoms with van der Waals surface area (Å²) in [5, 5.41) is 6.74. The second kappa shape index (κ2) is 13.0. The van der Waals surface area contributed by atoms with Crippen LogP contribution in [0.15, 0.2) is 29.3 Å². The van der Waals surface area contributed by atoms with E-state index in [2.05, 4.69) is 66.2 Å². The van der Waals surface area contributed by atoms with Crippen LogP contribution in [0.25, 0.3) is 11.0 Å². The topological polar surface area (TPSA) is 68.3 Å². The molecule has 0 fully saturated rings. The van der Waals surface area contributed by atoms with Crippen molar-refractivity contribution in [2.75, 3.05) is 26.2 Å². The highest BCUT2D eigenvalue weighted by Crippen LogP contribution is 2.10. The van der Waals surface area contributed by atoms with E-state index in [1.807, 2.05) is 18.2 Å². The fourth-order valence-corrected chi connectivity index (χ4v) is 3.32. The summed E-state index contributed by atoms with van der Waals surface area (Å²) in [7, 11) is 0. The molecule has 3 N–H and O–H groups in total. The van der Waals surface area contributed by atoms with E-state index in [4.69, 9.17) is 4.99 Å². The molecule has 0 aliphatic carbocycles. The highest BCUT2D eigenvalue weighted by atomic mass is 127. The summed E-state index contributed by atoms with van der Waals surface area (Å²) in [6.07, 6.45) is 1.91. The average Bonchev–Trinajstić information content (AvgIpc) is 3.03. The molecule has 0 saturated heterocycles. The maximum absolute atomic E-state index is 4.72. The van der Waals surface area contributed by atoms with Crippen molar-refractivity contribution in [2.24, 2.45) is 4.99 Å². The fraction of sp³-hybridized carbons (Fsp3) is 0.619. The molecule has 28 heavy (non-hydrogen) atoms. The van der Waals surface area contributed by atoms with Crippen LogP contribution in [0.4, 0.5) is 0 Å². The van der Waals surface area contributed by atoms with Gasteiger partial charge in [0.1, 0.15) is 5.82 Å². The predicted octanol–water partition coefficient (Wildman–Crippen LogP) is 3.79. The van der Waals surface area contributed by atoms with Crippen LogP contribution in [0, 0.1) is 0 Å². The third-order valence-electron chi connectivity index (χ3n) is 4.61. The summed E-state index contributed by atoms with van der Waals surface area (Å²) in [4.78, 5) is 15.2. The standard InChI is InChI=1S/C21H36N6.HI/c1-6-22-21(23-13-9-15-27(16(2)3)17(4)5)24-14-12-20-25-18-10-7-8-11-19(18)26-20;/h7-8,10-11,16-17H,6,9,12-15H2,1-5H3,(H,25,26)(H2,22,23,24);1H. The van der Waals surface area contributed by atoms with Crippen molar-refractivity contribution in [1.82, 2.24) is 25.5 Å². The largest absolute Gasteiger partial charge is 0.357 e. The Bertz CT molecular complexity index is 669. The number of fused-ring (bicyclic) bond motifs is 1. The van der Waals surface area contributed by atoms with Crippen LogP contribution in [0.2, 0.25) is 0 Å². The summed E-state index contributed by atoms with van der Waals surface area (Å²) >= 11 is 0. The summed E-state index contributed by atoms with van der Waals surface area (Å²) in [5.74, 6) is 1.89. The zero-order valence-electron chi connectivity index (χ0n) is 18.0. The number of nitrogens with zero attached hydrogens (tertiary/aromatic N) is 3. The highest BCUT2D eigenvalue weighted by molar-refractivity contribution is 14.0. The van der Waals surface area contributed by atoms with Crippen molar-refractivity contribution < 1.29 is 0 Å². The second-order valence-electron chi connectivity index (χ2n) is 7.42. The number of hydrogen-bond acceptors (Lipinski definition) is 3. The molecule has 1 aromatic carbocycles.